The van der Waals surface area contributed by atoms with Crippen molar-refractivity contribution in [3.63, 3.8) is 0 Å². The van der Waals surface area contributed by atoms with Crippen LogP contribution in [0.15, 0.2) is 66.2 Å². The average Bonchev–Trinajstić information content (AvgIpc) is 3.46. The number of aromatic nitrogens is 1. The van der Waals surface area contributed by atoms with Crippen LogP contribution in [0.2, 0.25) is 0 Å². The molecule has 1 N–H and O–H groups in total. The Labute approximate surface area is 223 Å². The van der Waals surface area contributed by atoms with Crippen molar-refractivity contribution in [1.82, 2.24) is 4.98 Å². The molecule has 1 amide bonds. The van der Waals surface area contributed by atoms with Gasteiger partial charge in [0.2, 0.25) is 0 Å². The molecule has 1 saturated heterocycles. The van der Waals surface area contributed by atoms with Gasteiger partial charge in [0.15, 0.2) is 16.6 Å². The van der Waals surface area contributed by atoms with Crippen LogP contribution in [0.4, 0.5) is 5.13 Å². The van der Waals surface area contributed by atoms with Gasteiger partial charge >= 0.3 is 5.91 Å². The Morgan fingerprint density at radius 1 is 1.00 bits per heavy atom. The van der Waals surface area contributed by atoms with Crippen molar-refractivity contribution in [3.05, 3.63) is 82.9 Å². The molecule has 1 fully saturated rings. The predicted octanol–water partition coefficient (Wildman–Crippen LogP) is 5.65. The number of carbonyl (C=O) groups excluding carboxylic acids is 2. The minimum atomic E-state index is -0.941. The average molecular weight is 531 g/mol. The zero-order valence-electron chi connectivity index (χ0n) is 21.3. The van der Waals surface area contributed by atoms with Crippen molar-refractivity contribution in [2.24, 2.45) is 0 Å². The van der Waals surface area contributed by atoms with Gasteiger partial charge in [0.25, 0.3) is 5.78 Å². The first-order valence-electron chi connectivity index (χ1n) is 12.0. The first-order chi connectivity index (χ1) is 18.4. The maximum atomic E-state index is 13.5. The summed E-state index contributed by atoms with van der Waals surface area (Å²) in [4.78, 5) is 33.0. The SMILES string of the molecule is CCOc1ccc(C2/C(=C(\O)c3ccc(OC)cc3)C(=O)C(=O)N2c2nc3ccc(C)cc3s2)cc1OC. The number of fused-ring (bicyclic) bond motifs is 1. The Hall–Kier alpha value is -4.37. The molecule has 0 spiro atoms. The second kappa shape index (κ2) is 10.2. The lowest BCUT2D eigenvalue weighted by Gasteiger charge is -2.24. The Morgan fingerprint density at radius 3 is 2.45 bits per heavy atom. The van der Waals surface area contributed by atoms with Gasteiger partial charge in [0.1, 0.15) is 11.5 Å². The van der Waals surface area contributed by atoms with E-state index in [-0.39, 0.29) is 11.3 Å². The molecule has 8 nitrogen and oxygen atoms in total. The van der Waals surface area contributed by atoms with Crippen molar-refractivity contribution >= 4 is 44.1 Å². The maximum absolute atomic E-state index is 13.5. The van der Waals surface area contributed by atoms with Gasteiger partial charge in [-0.1, -0.05) is 23.5 Å². The van der Waals surface area contributed by atoms with E-state index in [9.17, 15) is 14.7 Å². The van der Waals surface area contributed by atoms with Gasteiger partial charge in [0, 0.05) is 5.56 Å². The molecular weight excluding hydrogens is 504 g/mol. The van der Waals surface area contributed by atoms with Gasteiger partial charge in [-0.15, -0.1) is 0 Å². The topological polar surface area (TPSA) is 98.2 Å². The summed E-state index contributed by atoms with van der Waals surface area (Å²) >= 11 is 1.31. The summed E-state index contributed by atoms with van der Waals surface area (Å²) in [5, 5.41) is 11.7. The fourth-order valence-electron chi connectivity index (χ4n) is 4.50. The van der Waals surface area contributed by atoms with Crippen LogP contribution in [0, 0.1) is 6.92 Å². The molecule has 1 aliphatic heterocycles. The molecule has 5 rings (SSSR count). The lowest BCUT2D eigenvalue weighted by molar-refractivity contribution is -0.132. The third kappa shape index (κ3) is 4.35. The molecule has 38 heavy (non-hydrogen) atoms. The summed E-state index contributed by atoms with van der Waals surface area (Å²) in [7, 11) is 3.06. The van der Waals surface area contributed by atoms with Crippen LogP contribution < -0.4 is 19.1 Å². The minimum absolute atomic E-state index is 0.0400. The van der Waals surface area contributed by atoms with Crippen LogP contribution in [0.3, 0.4) is 0 Å². The molecule has 0 radical (unpaired) electrons. The van der Waals surface area contributed by atoms with Gasteiger partial charge in [-0.25, -0.2) is 4.98 Å². The van der Waals surface area contributed by atoms with E-state index in [0.717, 1.165) is 15.8 Å². The fourth-order valence-corrected chi connectivity index (χ4v) is 5.59. The highest BCUT2D eigenvalue weighted by Crippen LogP contribution is 2.46. The van der Waals surface area contributed by atoms with Gasteiger partial charge < -0.3 is 19.3 Å². The van der Waals surface area contributed by atoms with E-state index in [1.807, 2.05) is 32.0 Å². The molecule has 1 aliphatic rings. The molecule has 1 atom stereocenters. The van der Waals surface area contributed by atoms with Crippen LogP contribution in [0.1, 0.15) is 29.7 Å². The number of hydrogen-bond donors (Lipinski definition) is 1. The summed E-state index contributed by atoms with van der Waals surface area (Å²) in [6.45, 7) is 4.29. The van der Waals surface area contributed by atoms with Gasteiger partial charge in [-0.05, 0) is 73.5 Å². The van der Waals surface area contributed by atoms with E-state index in [0.29, 0.717) is 40.1 Å². The van der Waals surface area contributed by atoms with Crippen LogP contribution in [-0.4, -0.2) is 42.6 Å². The molecule has 194 valence electrons. The molecule has 0 bridgehead atoms. The highest BCUT2D eigenvalue weighted by Gasteiger charge is 2.48. The number of nitrogens with zero attached hydrogens (tertiary/aromatic N) is 2. The third-order valence-electron chi connectivity index (χ3n) is 6.35. The van der Waals surface area contributed by atoms with Gasteiger partial charge in [-0.2, -0.15) is 0 Å². The lowest BCUT2D eigenvalue weighted by Crippen LogP contribution is -2.29. The number of hydrogen-bond acceptors (Lipinski definition) is 8. The second-order valence-corrected chi connectivity index (χ2v) is 9.72. The van der Waals surface area contributed by atoms with Crippen LogP contribution in [-0.2, 0) is 9.59 Å². The van der Waals surface area contributed by atoms with Crippen molar-refractivity contribution in [1.29, 1.82) is 0 Å². The number of aliphatic hydroxyl groups excluding tert-OH is 1. The number of amides is 1. The van der Waals surface area contributed by atoms with E-state index in [1.54, 1.807) is 49.6 Å². The Morgan fingerprint density at radius 2 is 1.76 bits per heavy atom. The zero-order chi connectivity index (χ0) is 27.0. The number of ketones is 1. The molecule has 0 aliphatic carbocycles. The van der Waals surface area contributed by atoms with Gasteiger partial charge in [0.05, 0.1) is 42.7 Å². The van der Waals surface area contributed by atoms with Crippen LogP contribution in [0.25, 0.3) is 16.0 Å². The molecule has 2 heterocycles. The summed E-state index contributed by atoms with van der Waals surface area (Å²) in [6, 6.07) is 16.7. The zero-order valence-corrected chi connectivity index (χ0v) is 22.2. The number of carbonyl (C=O) groups is 2. The third-order valence-corrected chi connectivity index (χ3v) is 7.37. The number of aryl methyl sites for hydroxylation is 1. The summed E-state index contributed by atoms with van der Waals surface area (Å²) in [5.74, 6) is -0.288. The fraction of sp³-hybridized carbons (Fsp3) is 0.207. The number of ether oxygens (including phenoxy) is 3. The molecule has 4 aromatic rings. The molecule has 9 heteroatoms. The molecule has 1 unspecified atom stereocenters. The quantitative estimate of drug-likeness (QED) is 0.187. The van der Waals surface area contributed by atoms with Crippen molar-refractivity contribution < 1.29 is 28.9 Å². The van der Waals surface area contributed by atoms with E-state index in [1.165, 1.54) is 23.3 Å². The van der Waals surface area contributed by atoms with Crippen molar-refractivity contribution in [2.45, 2.75) is 19.9 Å². The largest absolute Gasteiger partial charge is 0.507 e. The first-order valence-corrected chi connectivity index (χ1v) is 12.8. The smallest absolute Gasteiger partial charge is 0.301 e. The van der Waals surface area contributed by atoms with Gasteiger partial charge in [-0.3, -0.25) is 14.5 Å². The first kappa shape index (κ1) is 25.3. The van der Waals surface area contributed by atoms with E-state index in [4.69, 9.17) is 14.2 Å². The standard InChI is InChI=1S/C29H26N2O6S/c1-5-37-21-13-9-18(15-22(21)36-4)25-24(26(32)17-7-10-19(35-3)11-8-17)27(33)28(34)31(25)29-30-20-12-6-16(2)14-23(20)38-29/h6-15,25,32H,5H2,1-4H3/b26-24+. The second-order valence-electron chi connectivity index (χ2n) is 8.71. The monoisotopic (exact) mass is 530 g/mol. The van der Waals surface area contributed by atoms with Crippen molar-refractivity contribution in [2.75, 3.05) is 25.7 Å². The Balaban J connectivity index is 1.72. The highest BCUT2D eigenvalue weighted by atomic mass is 32.1. The highest BCUT2D eigenvalue weighted by molar-refractivity contribution is 7.22. The number of thiazole rings is 1. The van der Waals surface area contributed by atoms with Crippen LogP contribution in [0.5, 0.6) is 17.2 Å². The molecule has 1 aromatic heterocycles. The molecular formula is C29H26N2O6S. The maximum Gasteiger partial charge on any atom is 0.301 e. The number of aliphatic hydroxyl groups is 1. The number of benzene rings is 3. The normalized spacial score (nSPS) is 16.7. The molecule has 0 saturated carbocycles. The van der Waals surface area contributed by atoms with Crippen LogP contribution >= 0.6 is 11.3 Å². The lowest BCUT2D eigenvalue weighted by atomic mass is 9.95. The molecule has 3 aromatic carbocycles. The van der Waals surface area contributed by atoms with E-state index in [2.05, 4.69) is 4.98 Å². The summed E-state index contributed by atoms with van der Waals surface area (Å²) in [6.07, 6.45) is 0. The number of anilines is 1. The minimum Gasteiger partial charge on any atom is -0.507 e. The number of methoxy groups -OCH3 is 2. The number of Topliss-reactive ketones (excluding diaryl/α,β-unsaturated/α-hetero) is 1. The summed E-state index contributed by atoms with van der Waals surface area (Å²) < 4.78 is 17.3. The van der Waals surface area contributed by atoms with Crippen molar-refractivity contribution in [3.8, 4) is 17.2 Å². The van der Waals surface area contributed by atoms with E-state index >= 15 is 0 Å². The Kier molecular flexibility index (Phi) is 6.77. The predicted molar refractivity (Wildman–Crippen MR) is 146 cm³/mol. The summed E-state index contributed by atoms with van der Waals surface area (Å²) in [5.41, 5.74) is 2.68. The van der Waals surface area contributed by atoms with E-state index < -0.39 is 17.7 Å². The number of rotatable bonds is 7. The Bertz CT molecular complexity index is 1570.